The number of hydrogen-bond acceptors (Lipinski definition) is 4. The van der Waals surface area contributed by atoms with Gasteiger partial charge >= 0.3 is 0 Å². The summed E-state index contributed by atoms with van der Waals surface area (Å²) >= 11 is 0. The minimum absolute atomic E-state index is 0.191. The first-order valence-corrected chi connectivity index (χ1v) is 8.60. The van der Waals surface area contributed by atoms with E-state index < -0.39 is 5.91 Å². The molecule has 0 bridgehead atoms. The molecule has 0 radical (unpaired) electrons. The molecular formula is C18H25N5O. The van der Waals surface area contributed by atoms with Gasteiger partial charge in [0, 0.05) is 37.5 Å². The number of carbonyl (C=O) groups is 1. The number of pyridine rings is 1. The Kier molecular flexibility index (Phi) is 4.55. The smallest absolute Gasteiger partial charge is 0.250 e. The van der Waals surface area contributed by atoms with Crippen LogP contribution in [0, 0.1) is 0 Å². The predicted molar refractivity (Wildman–Crippen MR) is 95.1 cm³/mol. The Labute approximate surface area is 142 Å². The number of carbonyl (C=O) groups excluding carboxylic acids is 1. The topological polar surface area (TPSA) is 77.0 Å². The summed E-state index contributed by atoms with van der Waals surface area (Å²) in [4.78, 5) is 19.2. The van der Waals surface area contributed by atoms with Crippen LogP contribution in [0.5, 0.6) is 0 Å². The van der Waals surface area contributed by atoms with E-state index in [1.165, 1.54) is 12.8 Å². The maximum atomic E-state index is 12.0. The van der Waals surface area contributed by atoms with Crippen LogP contribution in [0.1, 0.15) is 55.1 Å². The molecule has 0 spiro atoms. The van der Waals surface area contributed by atoms with Crippen molar-refractivity contribution >= 4 is 11.7 Å². The molecule has 1 amide bonds. The summed E-state index contributed by atoms with van der Waals surface area (Å²) < 4.78 is 1.76. The van der Waals surface area contributed by atoms with Crippen molar-refractivity contribution in [3.05, 3.63) is 29.7 Å². The van der Waals surface area contributed by atoms with Crippen molar-refractivity contribution in [2.24, 2.45) is 12.8 Å². The number of rotatable bonds is 5. The SMILES string of the molecule is CCC(C)c1nc(N2CCCC2)c(-c2cnn(C)c2)cc1C(N)=O. The predicted octanol–water partition coefficient (Wildman–Crippen LogP) is 2.69. The fraction of sp³-hybridized carbons (Fsp3) is 0.500. The number of aryl methyl sites for hydroxylation is 1. The fourth-order valence-corrected chi connectivity index (χ4v) is 3.23. The standard InChI is InChI=1S/C18H25N5O/c1-4-12(2)16-15(17(19)24)9-14(13-10-20-22(3)11-13)18(21-16)23-7-5-6-8-23/h9-12H,4-8H2,1-3H3,(H2,19,24). The van der Waals surface area contributed by atoms with E-state index in [4.69, 9.17) is 10.7 Å². The molecule has 2 aromatic heterocycles. The monoisotopic (exact) mass is 327 g/mol. The molecule has 1 unspecified atom stereocenters. The minimum Gasteiger partial charge on any atom is -0.366 e. The lowest BCUT2D eigenvalue weighted by molar-refractivity contribution is 0.0998. The van der Waals surface area contributed by atoms with E-state index in [1.54, 1.807) is 4.68 Å². The van der Waals surface area contributed by atoms with Gasteiger partial charge in [-0.2, -0.15) is 5.10 Å². The van der Waals surface area contributed by atoms with Gasteiger partial charge < -0.3 is 10.6 Å². The van der Waals surface area contributed by atoms with Crippen molar-refractivity contribution in [3.63, 3.8) is 0 Å². The Bertz CT molecular complexity index is 746. The van der Waals surface area contributed by atoms with Crippen molar-refractivity contribution in [3.8, 4) is 11.1 Å². The van der Waals surface area contributed by atoms with Gasteiger partial charge in [0.15, 0.2) is 0 Å². The van der Waals surface area contributed by atoms with Gasteiger partial charge in [-0.05, 0) is 31.2 Å². The van der Waals surface area contributed by atoms with Crippen molar-refractivity contribution in [1.29, 1.82) is 0 Å². The Hall–Kier alpha value is -2.37. The number of nitrogens with zero attached hydrogens (tertiary/aromatic N) is 4. The molecule has 1 aliphatic heterocycles. The third-order valence-electron chi connectivity index (χ3n) is 4.80. The summed E-state index contributed by atoms with van der Waals surface area (Å²) in [5.41, 5.74) is 8.87. The van der Waals surface area contributed by atoms with Crippen LogP contribution in [-0.4, -0.2) is 33.8 Å². The minimum atomic E-state index is -0.420. The highest BCUT2D eigenvalue weighted by atomic mass is 16.1. The molecule has 1 atom stereocenters. The molecular weight excluding hydrogens is 302 g/mol. The van der Waals surface area contributed by atoms with E-state index in [0.29, 0.717) is 5.56 Å². The lowest BCUT2D eigenvalue weighted by Gasteiger charge is -2.23. The second-order valence-electron chi connectivity index (χ2n) is 6.56. The molecule has 1 saturated heterocycles. The second kappa shape index (κ2) is 6.63. The van der Waals surface area contributed by atoms with Gasteiger partial charge in [0.1, 0.15) is 5.82 Å². The van der Waals surface area contributed by atoms with E-state index in [9.17, 15) is 4.79 Å². The quantitative estimate of drug-likeness (QED) is 0.916. The van der Waals surface area contributed by atoms with Crippen LogP contribution >= 0.6 is 0 Å². The normalized spacial score (nSPS) is 15.7. The lowest BCUT2D eigenvalue weighted by atomic mass is 9.96. The lowest BCUT2D eigenvalue weighted by Crippen LogP contribution is -2.23. The summed E-state index contributed by atoms with van der Waals surface area (Å²) in [6.07, 6.45) is 7.02. The summed E-state index contributed by atoms with van der Waals surface area (Å²) in [6, 6.07) is 1.90. The maximum Gasteiger partial charge on any atom is 0.250 e. The third-order valence-corrected chi connectivity index (χ3v) is 4.80. The molecule has 24 heavy (non-hydrogen) atoms. The summed E-state index contributed by atoms with van der Waals surface area (Å²) in [5.74, 6) is 0.716. The van der Waals surface area contributed by atoms with E-state index in [-0.39, 0.29) is 5.92 Å². The van der Waals surface area contributed by atoms with Gasteiger partial charge in [0.05, 0.1) is 17.5 Å². The third kappa shape index (κ3) is 3.00. The van der Waals surface area contributed by atoms with Crippen LogP contribution in [0.25, 0.3) is 11.1 Å². The van der Waals surface area contributed by atoms with Crippen LogP contribution in [-0.2, 0) is 7.05 Å². The fourth-order valence-electron chi connectivity index (χ4n) is 3.23. The molecule has 0 aromatic carbocycles. The number of anilines is 1. The summed E-state index contributed by atoms with van der Waals surface area (Å²) in [5, 5.41) is 4.26. The summed E-state index contributed by atoms with van der Waals surface area (Å²) in [6.45, 7) is 6.18. The molecule has 6 heteroatoms. The Balaban J connectivity index is 2.21. The molecule has 1 fully saturated rings. The molecule has 0 aliphatic carbocycles. The zero-order valence-corrected chi connectivity index (χ0v) is 14.6. The van der Waals surface area contributed by atoms with Crippen LogP contribution in [0.4, 0.5) is 5.82 Å². The van der Waals surface area contributed by atoms with Crippen molar-refractivity contribution in [2.45, 2.75) is 39.0 Å². The Morgan fingerprint density at radius 1 is 1.38 bits per heavy atom. The molecule has 6 nitrogen and oxygen atoms in total. The first-order chi connectivity index (χ1) is 11.5. The highest BCUT2D eigenvalue weighted by molar-refractivity contribution is 5.96. The Morgan fingerprint density at radius 3 is 2.62 bits per heavy atom. The van der Waals surface area contributed by atoms with Crippen LogP contribution in [0.15, 0.2) is 18.5 Å². The first-order valence-electron chi connectivity index (χ1n) is 8.60. The van der Waals surface area contributed by atoms with Crippen LogP contribution in [0.3, 0.4) is 0 Å². The number of amides is 1. The number of hydrogen-bond donors (Lipinski definition) is 1. The molecule has 2 N–H and O–H groups in total. The van der Waals surface area contributed by atoms with E-state index in [0.717, 1.165) is 42.1 Å². The number of aromatic nitrogens is 3. The average molecular weight is 327 g/mol. The van der Waals surface area contributed by atoms with Gasteiger partial charge in [-0.3, -0.25) is 9.48 Å². The van der Waals surface area contributed by atoms with Crippen molar-refractivity contribution in [2.75, 3.05) is 18.0 Å². The zero-order valence-electron chi connectivity index (χ0n) is 14.6. The van der Waals surface area contributed by atoms with Crippen LogP contribution in [0.2, 0.25) is 0 Å². The molecule has 0 saturated carbocycles. The highest BCUT2D eigenvalue weighted by Crippen LogP contribution is 2.35. The van der Waals surface area contributed by atoms with E-state index in [1.807, 2.05) is 25.5 Å². The van der Waals surface area contributed by atoms with Crippen molar-refractivity contribution in [1.82, 2.24) is 14.8 Å². The molecule has 2 aromatic rings. The van der Waals surface area contributed by atoms with Gasteiger partial charge in [0.25, 0.3) is 5.91 Å². The average Bonchev–Trinajstić information content (AvgIpc) is 3.24. The summed E-state index contributed by atoms with van der Waals surface area (Å²) in [7, 11) is 1.88. The van der Waals surface area contributed by atoms with Gasteiger partial charge in [-0.1, -0.05) is 13.8 Å². The molecule has 3 rings (SSSR count). The zero-order chi connectivity index (χ0) is 17.3. The van der Waals surface area contributed by atoms with Gasteiger partial charge in [0.2, 0.25) is 0 Å². The largest absolute Gasteiger partial charge is 0.366 e. The number of primary amides is 1. The molecule has 1 aliphatic rings. The molecule has 128 valence electrons. The van der Waals surface area contributed by atoms with Gasteiger partial charge in [-0.25, -0.2) is 4.98 Å². The molecule has 3 heterocycles. The van der Waals surface area contributed by atoms with Crippen molar-refractivity contribution < 1.29 is 4.79 Å². The van der Waals surface area contributed by atoms with Gasteiger partial charge in [-0.15, -0.1) is 0 Å². The number of nitrogens with two attached hydrogens (primary N) is 1. The highest BCUT2D eigenvalue weighted by Gasteiger charge is 2.24. The first kappa shape index (κ1) is 16.5. The maximum absolute atomic E-state index is 12.0. The van der Waals surface area contributed by atoms with E-state index in [2.05, 4.69) is 23.8 Å². The van der Waals surface area contributed by atoms with E-state index >= 15 is 0 Å². The van der Waals surface area contributed by atoms with Crippen LogP contribution < -0.4 is 10.6 Å². The second-order valence-corrected chi connectivity index (χ2v) is 6.56. The Morgan fingerprint density at radius 2 is 2.08 bits per heavy atom.